The van der Waals surface area contributed by atoms with Gasteiger partial charge in [-0.05, 0) is 245 Å². The molecule has 0 spiro atoms. The van der Waals surface area contributed by atoms with E-state index in [0.29, 0.717) is 69.4 Å². The van der Waals surface area contributed by atoms with Gasteiger partial charge in [0.1, 0.15) is 22.0 Å². The first-order valence-electron chi connectivity index (χ1n) is 42.5. The van der Waals surface area contributed by atoms with Crippen molar-refractivity contribution in [3.63, 3.8) is 0 Å². The van der Waals surface area contributed by atoms with Gasteiger partial charge in [-0.15, -0.1) is 0 Å². The predicted molar refractivity (Wildman–Crippen MR) is 512 cm³/mol. The number of halogens is 3. The lowest BCUT2D eigenvalue weighted by Crippen LogP contribution is -2.51. The number of aromatic amines is 2. The number of nitrogens with zero attached hydrogens (tertiary/aromatic N) is 5. The molecule has 6 atom stereocenters. The van der Waals surface area contributed by atoms with Crippen molar-refractivity contribution in [3.05, 3.63) is 314 Å². The van der Waals surface area contributed by atoms with Crippen LogP contribution in [0.3, 0.4) is 0 Å². The number of hydrogen-bond acceptors (Lipinski definition) is 15. The van der Waals surface area contributed by atoms with E-state index in [2.05, 4.69) is 67.1 Å². The number of H-pyrrole nitrogens is 2. The third-order valence-electron chi connectivity index (χ3n) is 23.6. The number of ether oxygens (including phenoxy) is 3. The van der Waals surface area contributed by atoms with Crippen molar-refractivity contribution in [1.82, 2.24) is 34.2 Å². The number of aliphatic hydroxyl groups is 3. The molecule has 6 fully saturated rings. The van der Waals surface area contributed by atoms with Crippen LogP contribution in [0.15, 0.2) is 251 Å². The molecule has 21 nitrogen and oxygen atoms in total. The molecule has 2 aliphatic carbocycles. The maximum Gasteiger partial charge on any atom is 0.494 e. The molecule has 664 valence electrons. The minimum Gasteiger partial charge on any atom is -0.438 e. The maximum atomic E-state index is 13.3. The number of nitrogens with one attached hydrogen (secondary N) is 2. The Bertz CT molecular complexity index is 5380. The molecular weight excluding hydrogens is 1820 g/mol. The minimum absolute atomic E-state index is 0. The number of carbonyl (C=O) groups excluding carboxylic acids is 3. The molecule has 4 aromatic heterocycles. The van der Waals surface area contributed by atoms with Crippen LogP contribution >= 0.6 is 56.8 Å². The van der Waals surface area contributed by atoms with E-state index in [-0.39, 0.29) is 60.5 Å². The summed E-state index contributed by atoms with van der Waals surface area (Å²) >= 11 is 9.80. The largest absolute Gasteiger partial charge is 0.494 e. The van der Waals surface area contributed by atoms with Gasteiger partial charge in [-0.25, -0.2) is 19.4 Å². The van der Waals surface area contributed by atoms with E-state index >= 15 is 0 Å². The Morgan fingerprint density at radius 1 is 0.472 bits per heavy atom. The lowest BCUT2D eigenvalue weighted by molar-refractivity contribution is -0.102. The van der Waals surface area contributed by atoms with Gasteiger partial charge in [0.05, 0.1) is 46.1 Å². The Balaban J connectivity index is 0.000000175. The van der Waals surface area contributed by atoms with Crippen LogP contribution in [0.1, 0.15) is 226 Å². The second kappa shape index (κ2) is 41.7. The van der Waals surface area contributed by atoms with Crippen molar-refractivity contribution in [2.75, 3.05) is 19.6 Å². The third kappa shape index (κ3) is 26.7. The highest BCUT2D eigenvalue weighted by Gasteiger charge is 2.53. The number of amides is 3. The van der Waals surface area contributed by atoms with Crippen molar-refractivity contribution in [2.45, 2.75) is 238 Å². The van der Waals surface area contributed by atoms with E-state index in [1.54, 1.807) is 93.0 Å². The van der Waals surface area contributed by atoms with E-state index in [1.807, 2.05) is 253 Å². The van der Waals surface area contributed by atoms with Crippen LogP contribution in [0.5, 0.6) is 0 Å². The van der Waals surface area contributed by atoms with Crippen molar-refractivity contribution in [2.24, 2.45) is 5.92 Å². The maximum absolute atomic E-state index is 13.3. The Kier molecular flexibility index (Phi) is 32.6. The lowest BCUT2D eigenvalue weighted by Gasteiger charge is -2.45. The molecule has 6 aromatic carbocycles. The average Bonchev–Trinajstić information content (AvgIpc) is 1.42. The van der Waals surface area contributed by atoms with Crippen LogP contribution in [-0.2, 0) is 40.3 Å². The number of pyridine rings is 4. The third-order valence-corrected chi connectivity index (χ3v) is 25.2. The summed E-state index contributed by atoms with van der Waals surface area (Å²) in [5.41, 5.74) is 3.83. The first-order chi connectivity index (χ1) is 58.5. The number of cyclic esters (lactones) is 3. The lowest BCUT2D eigenvalue weighted by atomic mass is 9.78. The first-order valence-corrected chi connectivity index (χ1v) is 45.1. The zero-order chi connectivity index (χ0) is 89.7. The topological polar surface area (TPSA) is 268 Å². The monoisotopic (exact) mass is 1940 g/mol. The number of aromatic nitrogens is 4. The van der Waals surface area contributed by atoms with Gasteiger partial charge in [0.2, 0.25) is 11.1 Å². The molecule has 3 amide bonds. The van der Waals surface area contributed by atoms with Gasteiger partial charge < -0.3 is 68.1 Å². The van der Waals surface area contributed by atoms with Crippen molar-refractivity contribution >= 4 is 87.6 Å². The van der Waals surface area contributed by atoms with E-state index < -0.39 is 51.9 Å². The standard InChI is InChI=1S/C30H34N2O4.C28H38BNO5.C27H30N2O4.C5H3ClIN.C5H4INO.C4H8.CH4/c1-21(22-9-11-23(12-10-22)24-15-17-32(26-13-14-26)27(33)19-24)31-18-16-30(36-28(31)34,20-29(2,3)35)25-7-5-4-6-8-25;1-20(21-13-15-23(16-14-21)29-34-26(4,5)27(6,7)35-29)30-18-17-28(33-24(30)31,19-25(2,3)32)22-11-9-8-10-12-22;1-19(20-9-11-21(12-10-20)22-13-15-28-24(30)17-22)29-16-14-27(33-25(29)31,18-26(2,3)32)23-7-5-4-6-8-23;6-5-3-4(7)1-2-8-5;6-4-1-2-7-5(8)3-4;1-4-2-3-4;/h4-12,15,17,19,21,26,35H,13-14,16,18,20H2,1-3H3;8-16,20,32H,17-19H2,1-7H3;4-13,15,17,19,32H,14,16,18H2,1-3H3,(H,28,30);1-3H;1-3H,(H,7,8);4H,2-3H2,1H3;1H4/t21-,30-;20-,28-;19-,27-;;;;/m000..../s1. The molecule has 4 saturated heterocycles. The fraction of sp³-hybridized carbons (Fsp3) is 0.410. The molecule has 4 aliphatic heterocycles. The molecule has 10 aromatic rings. The molecule has 0 unspecified atom stereocenters. The molecule has 2 saturated carbocycles. The number of rotatable bonds is 19. The summed E-state index contributed by atoms with van der Waals surface area (Å²) in [7, 11) is -0.419. The zero-order valence-corrected chi connectivity index (χ0v) is 78.4. The van der Waals surface area contributed by atoms with Gasteiger partial charge in [0.15, 0.2) is 0 Å². The van der Waals surface area contributed by atoms with Crippen LogP contribution in [0.25, 0.3) is 22.3 Å². The molecule has 125 heavy (non-hydrogen) atoms. The second-order valence-electron chi connectivity index (χ2n) is 36.2. The van der Waals surface area contributed by atoms with E-state index in [0.717, 1.165) is 87.0 Å². The fourth-order valence-corrected chi connectivity index (χ4v) is 17.2. The molecule has 25 heteroatoms. The average molecular weight is 1950 g/mol. The Morgan fingerprint density at radius 2 is 0.824 bits per heavy atom. The quantitative estimate of drug-likeness (QED) is 0.0218. The van der Waals surface area contributed by atoms with Gasteiger partial charge in [0, 0.05) is 114 Å². The van der Waals surface area contributed by atoms with Crippen LogP contribution in [-0.4, -0.2) is 123 Å². The molecule has 6 aliphatic rings. The van der Waals surface area contributed by atoms with Crippen LogP contribution in [0, 0.1) is 13.1 Å². The number of benzene rings is 6. The summed E-state index contributed by atoms with van der Waals surface area (Å²) in [6, 6.07) is 67.1. The molecule has 0 radical (unpaired) electrons. The summed E-state index contributed by atoms with van der Waals surface area (Å²) in [6.07, 6.45) is 13.6. The SMILES string of the molecule is C.CC1CC1.C[C@@H](c1ccc(-c2cc[nH]c(=O)c2)cc1)N1CC[C@](CC(C)(C)O)(c2ccccc2)OC1=O.C[C@@H](c1ccc(-c2ccn(C3CC3)c(=O)c2)cc1)N1CC[C@](CC(C)(C)O)(c2ccccc2)OC1=O.C[C@@H](c1ccc(B2OC(C)(C)C(C)(C)O2)cc1)N1CC[C@](CC(C)(C)O)(c2ccccc2)OC1=O.Clc1cc(I)ccn1.O=c1cc(I)cc[nH]1. The summed E-state index contributed by atoms with van der Waals surface area (Å²) in [5, 5.41) is 32.3. The predicted octanol–water partition coefficient (Wildman–Crippen LogP) is 21.1. The number of hydrogen-bond donors (Lipinski definition) is 5. The van der Waals surface area contributed by atoms with E-state index in [1.165, 1.54) is 12.8 Å². The number of carbonyl (C=O) groups is 3. The first kappa shape index (κ1) is 97.9. The van der Waals surface area contributed by atoms with Crippen LogP contribution in [0.4, 0.5) is 14.4 Å². The van der Waals surface area contributed by atoms with E-state index in [9.17, 15) is 44.1 Å². The van der Waals surface area contributed by atoms with Crippen molar-refractivity contribution in [3.8, 4) is 22.3 Å². The van der Waals surface area contributed by atoms with Crippen LogP contribution in [0.2, 0.25) is 5.15 Å². The second-order valence-corrected chi connectivity index (χ2v) is 39.1. The smallest absolute Gasteiger partial charge is 0.438 e. The van der Waals surface area contributed by atoms with Gasteiger partial charge in [-0.2, -0.15) is 0 Å². The summed E-state index contributed by atoms with van der Waals surface area (Å²) in [5.74, 6) is 1.08. The Hall–Kier alpha value is -9.26. The fourth-order valence-electron chi connectivity index (χ4n) is 15.9. The Morgan fingerprint density at radius 3 is 1.12 bits per heavy atom. The molecule has 16 rings (SSSR count). The highest BCUT2D eigenvalue weighted by atomic mass is 127. The van der Waals surface area contributed by atoms with Gasteiger partial charge in [0.25, 0.3) is 5.56 Å². The minimum atomic E-state index is -0.987. The summed E-state index contributed by atoms with van der Waals surface area (Å²) in [6.45, 7) is 28.5. The van der Waals surface area contributed by atoms with Gasteiger partial charge in [-0.3, -0.25) is 14.4 Å². The summed E-state index contributed by atoms with van der Waals surface area (Å²) < 4.78 is 34.6. The molecule has 5 N–H and O–H groups in total. The van der Waals surface area contributed by atoms with Crippen LogP contribution < -0.4 is 22.1 Å². The highest BCUT2D eigenvalue weighted by molar-refractivity contribution is 14.1. The van der Waals surface area contributed by atoms with Gasteiger partial charge in [-0.1, -0.05) is 203 Å². The highest BCUT2D eigenvalue weighted by Crippen LogP contribution is 2.47. The van der Waals surface area contributed by atoms with Crippen molar-refractivity contribution < 1.29 is 53.2 Å². The Labute approximate surface area is 768 Å². The molecule has 8 heterocycles. The van der Waals surface area contributed by atoms with Gasteiger partial charge >= 0.3 is 25.4 Å². The van der Waals surface area contributed by atoms with Crippen molar-refractivity contribution in [1.29, 1.82) is 0 Å². The summed E-state index contributed by atoms with van der Waals surface area (Å²) in [4.78, 5) is 88.4. The van der Waals surface area contributed by atoms with E-state index in [4.69, 9.17) is 35.1 Å². The molecule has 0 bridgehead atoms. The normalized spacial score (nSPS) is 20.3. The zero-order valence-electron chi connectivity index (χ0n) is 73.4. The molecular formula is C100H121BClI2N7O14.